The molecule has 2 N–H and O–H groups in total. The predicted octanol–water partition coefficient (Wildman–Crippen LogP) is 1.49. The average molecular weight is 141 g/mol. The summed E-state index contributed by atoms with van der Waals surface area (Å²) in [7, 11) is 0. The van der Waals surface area contributed by atoms with Crippen LogP contribution in [0, 0.1) is 5.92 Å². The van der Waals surface area contributed by atoms with Gasteiger partial charge in [0.05, 0.1) is 0 Å². The maximum atomic E-state index is 11.5. The maximum Gasteiger partial charge on any atom is 0.242 e. The van der Waals surface area contributed by atoms with Crippen LogP contribution in [0.3, 0.4) is 0 Å². The molecule has 0 radical (unpaired) electrons. The van der Waals surface area contributed by atoms with Crippen LogP contribution in [-0.2, 0) is 0 Å². The summed E-state index contributed by atoms with van der Waals surface area (Å²) in [5.74, 6) is -0.248. The molecule has 0 saturated heterocycles. The Hall–Kier alpha value is 0.170. The molecule has 0 rings (SSSR count). The van der Waals surface area contributed by atoms with Gasteiger partial charge >= 0.3 is 0 Å². The van der Waals surface area contributed by atoms with Crippen molar-refractivity contribution in [2.75, 3.05) is 5.75 Å². The number of halogens is 2. The molecule has 0 aliphatic carbocycles. The second-order valence-corrected chi connectivity index (χ2v) is 2.31. The molecular formula is C4H9F2NS. The van der Waals surface area contributed by atoms with Gasteiger partial charge < -0.3 is 0 Å². The molecule has 0 fully saturated rings. The highest BCUT2D eigenvalue weighted by Crippen LogP contribution is 2.11. The third-order valence-corrected chi connectivity index (χ3v) is 1.51. The summed E-state index contributed by atoms with van der Waals surface area (Å²) in [6.45, 7) is 1.48. The highest BCUT2D eigenvalue weighted by atomic mass is 32.2. The highest BCUT2D eigenvalue weighted by Gasteiger charge is 2.12. The van der Waals surface area contributed by atoms with E-state index in [4.69, 9.17) is 5.14 Å². The molecule has 4 heteroatoms. The lowest BCUT2D eigenvalue weighted by Gasteiger charge is -2.05. The van der Waals surface area contributed by atoms with Crippen LogP contribution in [0.1, 0.15) is 6.92 Å². The summed E-state index contributed by atoms with van der Waals surface area (Å²) in [5.41, 5.74) is 0. The summed E-state index contributed by atoms with van der Waals surface area (Å²) in [5, 5.41) is 4.95. The molecule has 1 nitrogen and oxygen atoms in total. The zero-order chi connectivity index (χ0) is 6.57. The Morgan fingerprint density at radius 3 is 2.25 bits per heavy atom. The van der Waals surface area contributed by atoms with Gasteiger partial charge in [0.25, 0.3) is 0 Å². The second-order valence-electron chi connectivity index (χ2n) is 1.65. The number of hydrogen-bond acceptors (Lipinski definition) is 2. The van der Waals surface area contributed by atoms with E-state index in [1.165, 1.54) is 6.92 Å². The summed E-state index contributed by atoms with van der Waals surface area (Å²) in [6.07, 6.45) is -2.23. The van der Waals surface area contributed by atoms with E-state index in [0.29, 0.717) is 5.75 Å². The monoisotopic (exact) mass is 141 g/mol. The van der Waals surface area contributed by atoms with E-state index < -0.39 is 12.3 Å². The predicted molar refractivity (Wildman–Crippen MR) is 31.8 cm³/mol. The fraction of sp³-hybridized carbons (Fsp3) is 1.00. The van der Waals surface area contributed by atoms with Crippen molar-refractivity contribution in [3.8, 4) is 0 Å². The van der Waals surface area contributed by atoms with Gasteiger partial charge in [-0.15, -0.1) is 0 Å². The Morgan fingerprint density at radius 1 is 1.62 bits per heavy atom. The van der Waals surface area contributed by atoms with Crippen LogP contribution < -0.4 is 5.14 Å². The zero-order valence-electron chi connectivity index (χ0n) is 4.60. The lowest BCUT2D eigenvalue weighted by molar-refractivity contribution is 0.0978. The minimum absolute atomic E-state index is 0.331. The summed E-state index contributed by atoms with van der Waals surface area (Å²) >= 11 is 0.958. The molecule has 0 bridgehead atoms. The largest absolute Gasteiger partial charge is 0.278 e. The molecule has 50 valence electrons. The van der Waals surface area contributed by atoms with Crippen molar-refractivity contribution < 1.29 is 8.78 Å². The van der Waals surface area contributed by atoms with Gasteiger partial charge in [0.1, 0.15) is 0 Å². The normalized spacial score (nSPS) is 14.6. The van der Waals surface area contributed by atoms with E-state index in [0.717, 1.165) is 11.9 Å². The maximum absolute atomic E-state index is 11.5. The molecule has 1 unspecified atom stereocenters. The van der Waals surface area contributed by atoms with Crippen molar-refractivity contribution in [1.82, 2.24) is 0 Å². The Balaban J connectivity index is 3.17. The summed E-state index contributed by atoms with van der Waals surface area (Å²) in [4.78, 5) is 0. The van der Waals surface area contributed by atoms with Gasteiger partial charge in [-0.1, -0.05) is 18.9 Å². The Morgan fingerprint density at radius 2 is 2.12 bits per heavy atom. The fourth-order valence-corrected chi connectivity index (χ4v) is 0.674. The lowest BCUT2D eigenvalue weighted by atomic mass is 10.2. The third-order valence-electron chi connectivity index (χ3n) is 0.789. The van der Waals surface area contributed by atoms with Gasteiger partial charge in [-0.05, 0) is 0 Å². The Bertz CT molecular complexity index is 60.0. The van der Waals surface area contributed by atoms with Crippen LogP contribution in [0.15, 0.2) is 0 Å². The van der Waals surface area contributed by atoms with Crippen LogP contribution in [0.25, 0.3) is 0 Å². The van der Waals surface area contributed by atoms with Crippen molar-refractivity contribution in [3.05, 3.63) is 0 Å². The molecule has 8 heavy (non-hydrogen) atoms. The first-order chi connectivity index (χ1) is 3.68. The first-order valence-electron chi connectivity index (χ1n) is 2.28. The van der Waals surface area contributed by atoms with Crippen molar-refractivity contribution in [2.24, 2.45) is 11.1 Å². The van der Waals surface area contributed by atoms with Crippen molar-refractivity contribution >= 4 is 11.9 Å². The van der Waals surface area contributed by atoms with Crippen LogP contribution in [0.4, 0.5) is 8.78 Å². The minimum atomic E-state index is -2.23. The van der Waals surface area contributed by atoms with Gasteiger partial charge in [-0.2, -0.15) is 0 Å². The minimum Gasteiger partial charge on any atom is -0.278 e. The van der Waals surface area contributed by atoms with Gasteiger partial charge in [0.2, 0.25) is 6.43 Å². The zero-order valence-corrected chi connectivity index (χ0v) is 5.42. The van der Waals surface area contributed by atoms with E-state index in [1.54, 1.807) is 0 Å². The van der Waals surface area contributed by atoms with Crippen molar-refractivity contribution in [3.63, 3.8) is 0 Å². The summed E-state index contributed by atoms with van der Waals surface area (Å²) in [6, 6.07) is 0. The molecule has 0 aromatic rings. The molecule has 0 saturated carbocycles. The molecule has 0 heterocycles. The van der Waals surface area contributed by atoms with Crippen molar-refractivity contribution in [1.29, 1.82) is 0 Å². The standard InChI is InChI=1S/C4H9F2NS/c1-3(2-8-7)4(5)6/h3-4H,2,7H2,1H3. The average Bonchev–Trinajstić information content (AvgIpc) is 1.67. The highest BCUT2D eigenvalue weighted by molar-refractivity contribution is 7.97. The first kappa shape index (κ1) is 8.17. The fourth-order valence-electron chi connectivity index (χ4n) is 0.225. The molecular weight excluding hydrogens is 132 g/mol. The van der Waals surface area contributed by atoms with E-state index in [-0.39, 0.29) is 0 Å². The molecule has 0 aromatic carbocycles. The quantitative estimate of drug-likeness (QED) is 0.603. The number of nitrogens with two attached hydrogens (primary N) is 1. The molecule has 0 aliphatic heterocycles. The van der Waals surface area contributed by atoms with Crippen LogP contribution in [0.2, 0.25) is 0 Å². The number of alkyl halides is 2. The molecule has 1 atom stereocenters. The van der Waals surface area contributed by atoms with E-state index in [2.05, 4.69) is 0 Å². The van der Waals surface area contributed by atoms with Gasteiger partial charge in [0.15, 0.2) is 0 Å². The smallest absolute Gasteiger partial charge is 0.242 e. The SMILES string of the molecule is CC(CSN)C(F)F. The number of hydrogen-bond donors (Lipinski definition) is 1. The Labute approximate surface area is 51.8 Å². The first-order valence-corrected chi connectivity index (χ1v) is 3.33. The van der Waals surface area contributed by atoms with Crippen molar-refractivity contribution in [2.45, 2.75) is 13.3 Å². The second kappa shape index (κ2) is 4.09. The van der Waals surface area contributed by atoms with Gasteiger partial charge in [0, 0.05) is 11.7 Å². The topological polar surface area (TPSA) is 26.0 Å². The number of rotatable bonds is 3. The molecule has 0 aromatic heterocycles. The van der Waals surface area contributed by atoms with Gasteiger partial charge in [-0.25, -0.2) is 8.78 Å². The van der Waals surface area contributed by atoms with E-state index in [1.807, 2.05) is 0 Å². The Kier molecular flexibility index (Phi) is 4.18. The van der Waals surface area contributed by atoms with Gasteiger partial charge in [-0.3, -0.25) is 5.14 Å². The third kappa shape index (κ3) is 3.21. The molecule has 0 aliphatic rings. The molecule has 0 spiro atoms. The molecule has 0 amide bonds. The van der Waals surface area contributed by atoms with Crippen LogP contribution in [0.5, 0.6) is 0 Å². The van der Waals surface area contributed by atoms with Crippen LogP contribution in [-0.4, -0.2) is 12.2 Å². The van der Waals surface area contributed by atoms with Crippen LogP contribution >= 0.6 is 11.9 Å². The lowest BCUT2D eigenvalue weighted by Crippen LogP contribution is -2.10. The van der Waals surface area contributed by atoms with E-state index >= 15 is 0 Å². The summed E-state index contributed by atoms with van der Waals surface area (Å²) < 4.78 is 23.1. The van der Waals surface area contributed by atoms with E-state index in [9.17, 15) is 8.78 Å².